The number of halogens is 9. The Bertz CT molecular complexity index is 1930. The average molecular weight is 764 g/mol. The summed E-state index contributed by atoms with van der Waals surface area (Å²) in [6.07, 6.45) is -11.4. The molecule has 3 fully saturated rings. The molecule has 0 spiro atoms. The van der Waals surface area contributed by atoms with Gasteiger partial charge in [0.25, 0.3) is 5.60 Å². The highest BCUT2D eigenvalue weighted by molar-refractivity contribution is 7.92. The van der Waals surface area contributed by atoms with Gasteiger partial charge in [-0.25, -0.2) is 21.6 Å². The molecule has 1 N–H and O–H groups in total. The number of nitrogens with zero attached hydrogens (tertiary/aromatic N) is 1. The molecule has 1 amide bonds. The number of sulfone groups is 1. The Morgan fingerprint density at radius 3 is 1.87 bits per heavy atom. The van der Waals surface area contributed by atoms with Gasteiger partial charge in [-0.2, -0.15) is 26.3 Å². The number of carbonyl (C=O) groups is 2. The van der Waals surface area contributed by atoms with Gasteiger partial charge in [-0.3, -0.25) is 9.59 Å². The molecule has 3 aromatic carbocycles. The van der Waals surface area contributed by atoms with Gasteiger partial charge < -0.3 is 14.7 Å². The highest BCUT2D eigenvalue weighted by Gasteiger charge is 2.76. The number of alkyl halides is 6. The number of aliphatic carboxylic acids is 1. The summed E-state index contributed by atoms with van der Waals surface area (Å²) in [5.74, 6) is -7.03. The normalized spacial score (nSPS) is 25.1. The van der Waals surface area contributed by atoms with Crippen LogP contribution in [0.15, 0.2) is 71.6 Å². The van der Waals surface area contributed by atoms with Gasteiger partial charge in [-0.15, -0.1) is 0 Å². The van der Waals surface area contributed by atoms with E-state index in [0.717, 1.165) is 42.5 Å². The molecule has 0 aromatic heterocycles. The number of ether oxygens (including phenoxy) is 1. The number of likely N-dealkylation sites (tertiary alicyclic amines) is 1. The number of fused-ring (bicyclic) bond motifs is 1. The minimum absolute atomic E-state index is 0.000203. The Balaban J connectivity index is 1.37. The van der Waals surface area contributed by atoms with Crippen LogP contribution < -0.4 is 0 Å². The van der Waals surface area contributed by atoms with Crippen molar-refractivity contribution in [2.45, 2.75) is 65.8 Å². The number of benzene rings is 3. The summed E-state index contributed by atoms with van der Waals surface area (Å²) in [6.45, 7) is -2.15. The molecular formula is C35H30F9NO6S. The van der Waals surface area contributed by atoms with E-state index in [-0.39, 0.29) is 55.1 Å². The van der Waals surface area contributed by atoms with Gasteiger partial charge in [0.15, 0.2) is 9.84 Å². The quantitative estimate of drug-likeness (QED) is 0.185. The molecule has 3 aliphatic rings. The first kappa shape index (κ1) is 37.6. The zero-order chi connectivity index (χ0) is 38.0. The molecule has 0 radical (unpaired) electrons. The highest BCUT2D eigenvalue weighted by atomic mass is 32.2. The largest absolute Gasteiger partial charge is 0.481 e. The third kappa shape index (κ3) is 6.12. The van der Waals surface area contributed by atoms with Crippen LogP contribution in [0.25, 0.3) is 0 Å². The predicted octanol–water partition coefficient (Wildman–Crippen LogP) is 7.08. The summed E-state index contributed by atoms with van der Waals surface area (Å²) in [5.41, 5.74) is -9.23. The fourth-order valence-corrected chi connectivity index (χ4v) is 10.3. The SMILES string of the molecule is O=C(O)C1CCC(C(=O)N2CC3C(S(=O)(=O)c4ccc(F)cc4)[C@]3(c3ccc(C(OCc4c(F)cccc4F)(C(F)(F)F)C(F)(F)F)cc3)C2)CC1. The summed E-state index contributed by atoms with van der Waals surface area (Å²) in [7, 11) is -4.30. The molecule has 280 valence electrons. The first-order valence-corrected chi connectivity index (χ1v) is 17.6. The van der Waals surface area contributed by atoms with Crippen LogP contribution in [0, 0.1) is 35.2 Å². The standard InChI is InChI=1S/C35H30F9NO6S/c36-23-12-14-24(15-13-23)52(49,50)29-26-16-45(30(46)19-4-6-20(7-5-19)31(47)48)18-32(26,29)21-8-10-22(11-9-21)33(34(39,40)41,35(42,43)44)51-17-25-27(37)2-1-3-28(25)38/h1-3,8-15,19-20,26,29H,4-7,16-18H2,(H,47,48)/t19?,20?,26?,29?,32-/m0/s1. The topological polar surface area (TPSA) is 101 Å². The van der Waals surface area contributed by atoms with Crippen LogP contribution in [-0.2, 0) is 41.8 Å². The molecule has 1 aliphatic heterocycles. The molecule has 2 saturated carbocycles. The van der Waals surface area contributed by atoms with E-state index in [1.54, 1.807) is 0 Å². The van der Waals surface area contributed by atoms with Crippen molar-refractivity contribution in [3.8, 4) is 0 Å². The Morgan fingerprint density at radius 2 is 1.35 bits per heavy atom. The van der Waals surface area contributed by atoms with Crippen molar-refractivity contribution in [3.05, 3.63) is 101 Å². The van der Waals surface area contributed by atoms with E-state index in [4.69, 9.17) is 0 Å². The second-order valence-corrected chi connectivity index (χ2v) is 15.5. The number of carbonyl (C=O) groups excluding carboxylic acids is 1. The predicted molar refractivity (Wildman–Crippen MR) is 164 cm³/mol. The Morgan fingerprint density at radius 1 is 0.808 bits per heavy atom. The average Bonchev–Trinajstić information content (AvgIpc) is 3.56. The zero-order valence-electron chi connectivity index (χ0n) is 26.9. The number of amides is 1. The molecular weight excluding hydrogens is 733 g/mol. The number of piperidine rings is 1. The van der Waals surface area contributed by atoms with Gasteiger partial charge in [0.05, 0.1) is 22.7 Å². The number of rotatable bonds is 9. The van der Waals surface area contributed by atoms with Crippen LogP contribution >= 0.6 is 0 Å². The van der Waals surface area contributed by atoms with Crippen molar-refractivity contribution in [3.63, 3.8) is 0 Å². The second-order valence-electron chi connectivity index (χ2n) is 13.4. The van der Waals surface area contributed by atoms with Gasteiger partial charge in [0.2, 0.25) is 5.91 Å². The Kier molecular flexibility index (Phi) is 9.46. The van der Waals surface area contributed by atoms with E-state index in [0.29, 0.717) is 24.3 Å². The molecule has 3 atom stereocenters. The summed E-state index contributed by atoms with van der Waals surface area (Å²) in [6, 6.07) is 8.69. The number of carboxylic acid groups (broad SMARTS) is 1. The van der Waals surface area contributed by atoms with Crippen molar-refractivity contribution in [2.24, 2.45) is 17.8 Å². The minimum Gasteiger partial charge on any atom is -0.481 e. The lowest BCUT2D eigenvalue weighted by molar-refractivity contribution is -0.392. The zero-order valence-corrected chi connectivity index (χ0v) is 27.7. The monoisotopic (exact) mass is 763 g/mol. The molecule has 17 heteroatoms. The van der Waals surface area contributed by atoms with E-state index in [1.165, 1.54) is 4.90 Å². The smallest absolute Gasteiger partial charge is 0.430 e. The van der Waals surface area contributed by atoms with Crippen molar-refractivity contribution < 1.29 is 67.4 Å². The third-order valence-corrected chi connectivity index (χ3v) is 13.0. The van der Waals surface area contributed by atoms with Crippen molar-refractivity contribution in [2.75, 3.05) is 13.1 Å². The van der Waals surface area contributed by atoms with Crippen molar-refractivity contribution >= 4 is 21.7 Å². The second kappa shape index (κ2) is 13.1. The van der Waals surface area contributed by atoms with Crippen LogP contribution in [0.5, 0.6) is 0 Å². The van der Waals surface area contributed by atoms with E-state index >= 15 is 0 Å². The maximum absolute atomic E-state index is 14.6. The molecule has 2 aliphatic carbocycles. The summed E-state index contributed by atoms with van der Waals surface area (Å²) in [4.78, 5) is 26.1. The Hall–Kier alpha value is -4.12. The first-order chi connectivity index (χ1) is 24.3. The molecule has 1 heterocycles. The first-order valence-electron chi connectivity index (χ1n) is 16.1. The van der Waals surface area contributed by atoms with E-state index < -0.39 is 97.4 Å². The summed E-state index contributed by atoms with van der Waals surface area (Å²) >= 11 is 0. The van der Waals surface area contributed by atoms with Gasteiger partial charge in [0, 0.05) is 41.5 Å². The van der Waals surface area contributed by atoms with Crippen LogP contribution in [-0.4, -0.2) is 61.0 Å². The minimum atomic E-state index is -6.21. The molecule has 52 heavy (non-hydrogen) atoms. The van der Waals surface area contributed by atoms with Crippen molar-refractivity contribution in [1.82, 2.24) is 4.90 Å². The molecule has 1 saturated heterocycles. The molecule has 0 bridgehead atoms. The molecule has 6 rings (SSSR count). The van der Waals surface area contributed by atoms with Gasteiger partial charge in [-0.1, -0.05) is 30.3 Å². The summed E-state index contributed by atoms with van der Waals surface area (Å²) < 4.78 is 162. The van der Waals surface area contributed by atoms with Crippen LogP contribution in [0.4, 0.5) is 39.5 Å². The van der Waals surface area contributed by atoms with Crippen LogP contribution in [0.1, 0.15) is 42.4 Å². The lowest BCUT2D eigenvalue weighted by Crippen LogP contribution is -2.56. The molecule has 3 aromatic rings. The van der Waals surface area contributed by atoms with Crippen molar-refractivity contribution in [1.29, 1.82) is 0 Å². The highest BCUT2D eigenvalue weighted by Crippen LogP contribution is 2.64. The summed E-state index contributed by atoms with van der Waals surface area (Å²) in [5, 5.41) is 8.02. The molecule has 2 unspecified atom stereocenters. The number of carboxylic acids is 1. The maximum atomic E-state index is 14.6. The fourth-order valence-electron chi connectivity index (χ4n) is 7.91. The van der Waals surface area contributed by atoms with Crippen LogP contribution in [0.3, 0.4) is 0 Å². The maximum Gasteiger partial charge on any atom is 0.430 e. The number of hydrogen-bond acceptors (Lipinski definition) is 5. The third-order valence-electron chi connectivity index (χ3n) is 10.6. The molecule has 7 nitrogen and oxygen atoms in total. The fraction of sp³-hybridized carbons (Fsp3) is 0.429. The van der Waals surface area contributed by atoms with Crippen LogP contribution in [0.2, 0.25) is 0 Å². The van der Waals surface area contributed by atoms with Gasteiger partial charge in [0.1, 0.15) is 17.5 Å². The van der Waals surface area contributed by atoms with E-state index in [9.17, 15) is 62.6 Å². The lowest BCUT2D eigenvalue weighted by atomic mass is 9.81. The van der Waals surface area contributed by atoms with Gasteiger partial charge >= 0.3 is 18.3 Å². The van der Waals surface area contributed by atoms with Gasteiger partial charge in [-0.05, 0) is 67.6 Å². The number of hydrogen-bond donors (Lipinski definition) is 1. The Labute approximate surface area is 291 Å². The van der Waals surface area contributed by atoms with E-state index in [1.807, 2.05) is 0 Å². The van der Waals surface area contributed by atoms with E-state index in [2.05, 4.69) is 4.74 Å². The lowest BCUT2D eigenvalue weighted by Gasteiger charge is -2.37.